The Balaban J connectivity index is 1.51. The number of anilines is 1. The van der Waals surface area contributed by atoms with E-state index in [1.54, 1.807) is 36.4 Å². The highest BCUT2D eigenvalue weighted by Crippen LogP contribution is 2.20. The first-order valence-electron chi connectivity index (χ1n) is 7.75. The maximum absolute atomic E-state index is 12.4. The molecule has 8 nitrogen and oxygen atoms in total. The molecule has 2 amide bonds. The second-order valence-electron chi connectivity index (χ2n) is 5.49. The van der Waals surface area contributed by atoms with Gasteiger partial charge in [-0.2, -0.15) is 0 Å². The fraction of sp³-hybridized carbons (Fsp3) is 0. The van der Waals surface area contributed by atoms with Crippen molar-refractivity contribution in [2.45, 2.75) is 0 Å². The number of carbonyl (C=O) groups is 2. The Morgan fingerprint density at radius 1 is 0.923 bits per heavy atom. The first-order valence-corrected chi connectivity index (χ1v) is 7.75. The molecule has 0 unspecified atom stereocenters. The molecule has 26 heavy (non-hydrogen) atoms. The Bertz CT molecular complexity index is 1050. The second-order valence-corrected chi connectivity index (χ2v) is 5.49. The van der Waals surface area contributed by atoms with Crippen molar-refractivity contribution in [2.24, 2.45) is 0 Å². The van der Waals surface area contributed by atoms with E-state index in [-0.39, 0.29) is 11.7 Å². The molecule has 0 saturated heterocycles. The van der Waals surface area contributed by atoms with Crippen LogP contribution in [0, 0.1) is 0 Å². The van der Waals surface area contributed by atoms with E-state index in [0.29, 0.717) is 16.8 Å². The van der Waals surface area contributed by atoms with Crippen molar-refractivity contribution >= 4 is 28.5 Å². The van der Waals surface area contributed by atoms with E-state index in [1.165, 1.54) is 17.3 Å². The molecule has 8 heteroatoms. The number of rotatable bonds is 4. The monoisotopic (exact) mass is 347 g/mol. The van der Waals surface area contributed by atoms with Crippen molar-refractivity contribution in [3.05, 3.63) is 78.6 Å². The zero-order chi connectivity index (χ0) is 17.9. The number of carbonyl (C=O) groups excluding carboxylic acids is 2. The molecular weight excluding hydrogens is 334 g/mol. The van der Waals surface area contributed by atoms with Crippen molar-refractivity contribution < 1.29 is 14.0 Å². The maximum Gasteiger partial charge on any atom is 0.291 e. The largest absolute Gasteiger partial charge is 0.451 e. The molecule has 128 valence electrons. The van der Waals surface area contributed by atoms with Gasteiger partial charge in [-0.25, -0.2) is 4.68 Å². The van der Waals surface area contributed by atoms with Crippen LogP contribution in [0.5, 0.6) is 0 Å². The quantitative estimate of drug-likeness (QED) is 0.591. The Morgan fingerprint density at radius 2 is 1.73 bits per heavy atom. The van der Waals surface area contributed by atoms with Gasteiger partial charge in [0.1, 0.15) is 18.2 Å². The molecule has 0 aliphatic rings. The third kappa shape index (κ3) is 3.16. The number of fused-ring (bicyclic) bond motifs is 1. The summed E-state index contributed by atoms with van der Waals surface area (Å²) in [6.07, 6.45) is 2.73. The van der Waals surface area contributed by atoms with Crippen LogP contribution in [0.25, 0.3) is 11.0 Å². The summed E-state index contributed by atoms with van der Waals surface area (Å²) in [5, 5.41) is 10.8. The number of aromatic nitrogens is 3. The number of nitrogens with zero attached hydrogens (tertiary/aromatic N) is 3. The number of amides is 2. The van der Waals surface area contributed by atoms with Crippen LogP contribution < -0.4 is 10.7 Å². The number of hydrogen-bond donors (Lipinski definition) is 2. The Kier molecular flexibility index (Phi) is 3.91. The fourth-order valence-electron chi connectivity index (χ4n) is 2.46. The lowest BCUT2D eigenvalue weighted by Gasteiger charge is -2.07. The van der Waals surface area contributed by atoms with Crippen molar-refractivity contribution in [1.82, 2.24) is 14.9 Å². The number of nitrogens with one attached hydrogen (secondary N) is 2. The summed E-state index contributed by atoms with van der Waals surface area (Å²) in [4.78, 5) is 24.6. The van der Waals surface area contributed by atoms with Crippen molar-refractivity contribution in [3.63, 3.8) is 0 Å². The molecule has 2 aromatic carbocycles. The lowest BCUT2D eigenvalue weighted by atomic mass is 10.2. The van der Waals surface area contributed by atoms with E-state index in [1.807, 2.05) is 18.2 Å². The van der Waals surface area contributed by atoms with E-state index in [2.05, 4.69) is 20.9 Å². The van der Waals surface area contributed by atoms with Crippen LogP contribution in [-0.2, 0) is 0 Å². The van der Waals surface area contributed by atoms with Crippen LogP contribution in [0.1, 0.15) is 20.9 Å². The van der Waals surface area contributed by atoms with Crippen molar-refractivity contribution in [3.8, 4) is 0 Å². The van der Waals surface area contributed by atoms with Crippen LogP contribution in [0.15, 0.2) is 71.7 Å². The molecule has 4 aromatic rings. The number of benzene rings is 2. The van der Waals surface area contributed by atoms with E-state index in [4.69, 9.17) is 4.42 Å². The summed E-state index contributed by atoms with van der Waals surface area (Å²) in [5.74, 6) is -0.548. The van der Waals surface area contributed by atoms with Crippen LogP contribution in [-0.4, -0.2) is 26.7 Å². The fourth-order valence-corrected chi connectivity index (χ4v) is 2.46. The number of hydrogen-bond acceptors (Lipinski definition) is 5. The van der Waals surface area contributed by atoms with Crippen LogP contribution >= 0.6 is 0 Å². The second kappa shape index (κ2) is 6.52. The van der Waals surface area contributed by atoms with Crippen LogP contribution in [0.3, 0.4) is 0 Å². The topological polar surface area (TPSA) is 102 Å². The van der Waals surface area contributed by atoms with Crippen molar-refractivity contribution in [2.75, 3.05) is 10.7 Å². The Morgan fingerprint density at radius 3 is 2.54 bits per heavy atom. The molecule has 2 N–H and O–H groups in total. The highest BCUT2D eigenvalue weighted by molar-refractivity contribution is 6.06. The first-order chi connectivity index (χ1) is 12.7. The van der Waals surface area contributed by atoms with Crippen LogP contribution in [0.2, 0.25) is 0 Å². The van der Waals surface area contributed by atoms with Gasteiger partial charge in [0.2, 0.25) is 0 Å². The average molecular weight is 347 g/mol. The molecule has 2 aromatic heterocycles. The van der Waals surface area contributed by atoms with E-state index < -0.39 is 5.91 Å². The van der Waals surface area contributed by atoms with Gasteiger partial charge in [-0.05, 0) is 30.3 Å². The van der Waals surface area contributed by atoms with Gasteiger partial charge in [-0.3, -0.25) is 15.0 Å². The SMILES string of the molecule is O=C(Nn1cnnc1)c1cccc(NC(=O)c2cc3ccccc3o2)c1. The standard InChI is InChI=1S/C18H13N5O3/c24-17(22-23-10-19-20-11-23)13-5-3-6-14(8-13)21-18(25)16-9-12-4-1-2-7-15(12)26-16/h1-11H,(H,21,25)(H,22,24). The Hall–Kier alpha value is -3.94. The number of para-hydroxylation sites is 1. The lowest BCUT2D eigenvalue weighted by Crippen LogP contribution is -2.21. The predicted octanol–water partition coefficient (Wildman–Crippen LogP) is 2.66. The molecule has 0 saturated carbocycles. The van der Waals surface area contributed by atoms with Crippen LogP contribution in [0.4, 0.5) is 5.69 Å². The first kappa shape index (κ1) is 15.6. The van der Waals surface area contributed by atoms with Crippen molar-refractivity contribution in [1.29, 1.82) is 0 Å². The molecule has 0 atom stereocenters. The van der Waals surface area contributed by atoms with Gasteiger partial charge in [-0.1, -0.05) is 24.3 Å². The van der Waals surface area contributed by atoms with Gasteiger partial charge >= 0.3 is 0 Å². The molecule has 0 aliphatic heterocycles. The molecule has 2 heterocycles. The molecule has 0 bridgehead atoms. The third-order valence-electron chi connectivity index (χ3n) is 3.68. The van der Waals surface area contributed by atoms with Gasteiger partial charge in [0.25, 0.3) is 11.8 Å². The van der Waals surface area contributed by atoms with Gasteiger partial charge in [0.05, 0.1) is 0 Å². The summed E-state index contributed by atoms with van der Waals surface area (Å²) < 4.78 is 6.88. The molecule has 0 spiro atoms. The molecule has 0 aliphatic carbocycles. The van der Waals surface area contributed by atoms with E-state index >= 15 is 0 Å². The van der Waals surface area contributed by atoms with E-state index in [9.17, 15) is 9.59 Å². The third-order valence-corrected chi connectivity index (χ3v) is 3.68. The summed E-state index contributed by atoms with van der Waals surface area (Å²) in [6.45, 7) is 0. The zero-order valence-corrected chi connectivity index (χ0v) is 13.4. The number of furan rings is 1. The summed E-state index contributed by atoms with van der Waals surface area (Å²) in [7, 11) is 0. The Labute approximate surface area is 147 Å². The minimum Gasteiger partial charge on any atom is -0.451 e. The summed E-state index contributed by atoms with van der Waals surface area (Å²) in [5.41, 5.74) is 4.08. The molecule has 0 fully saturated rings. The lowest BCUT2D eigenvalue weighted by molar-refractivity contribution is 0.0992. The maximum atomic E-state index is 12.4. The van der Waals surface area contributed by atoms with E-state index in [0.717, 1.165) is 5.39 Å². The summed E-state index contributed by atoms with van der Waals surface area (Å²) in [6, 6.07) is 15.6. The van der Waals surface area contributed by atoms with Gasteiger partial charge in [0, 0.05) is 16.6 Å². The molecule has 4 rings (SSSR count). The predicted molar refractivity (Wildman–Crippen MR) is 94.3 cm³/mol. The highest BCUT2D eigenvalue weighted by atomic mass is 16.3. The smallest absolute Gasteiger partial charge is 0.291 e. The van der Waals surface area contributed by atoms with Gasteiger partial charge in [0.15, 0.2) is 5.76 Å². The normalized spacial score (nSPS) is 10.6. The minimum atomic E-state index is -0.391. The summed E-state index contributed by atoms with van der Waals surface area (Å²) >= 11 is 0. The van der Waals surface area contributed by atoms with Gasteiger partial charge < -0.3 is 9.73 Å². The zero-order valence-electron chi connectivity index (χ0n) is 13.4. The van der Waals surface area contributed by atoms with Gasteiger partial charge in [-0.15, -0.1) is 10.2 Å². The highest BCUT2D eigenvalue weighted by Gasteiger charge is 2.13. The molecule has 0 radical (unpaired) electrons. The average Bonchev–Trinajstić information content (AvgIpc) is 3.31. The molecular formula is C18H13N5O3. The minimum absolute atomic E-state index is 0.200.